The van der Waals surface area contributed by atoms with Crippen LogP contribution < -0.4 is 14.8 Å². The van der Waals surface area contributed by atoms with Crippen LogP contribution in [-0.2, 0) is 0 Å². The second-order valence-corrected chi connectivity index (χ2v) is 8.04. The van der Waals surface area contributed by atoms with Crippen LogP contribution in [-0.4, -0.2) is 19.8 Å². The lowest BCUT2D eigenvalue weighted by atomic mass is 9.87. The molecule has 0 spiro atoms. The van der Waals surface area contributed by atoms with Gasteiger partial charge in [0.15, 0.2) is 0 Å². The third kappa shape index (κ3) is 5.87. The standard InChI is InChI=1S/C27H33NO2/c1-20(2)30-24-16-14-23(15-17-24)25(26-12-8-9-13-27(26)29-4)18-19-28-21(3)22-10-6-5-7-11-22/h5-17,20-21,25,28H,18-19H2,1-4H3/p+1/t21-,25-/m1/s1. The maximum atomic E-state index is 5.83. The van der Waals surface area contributed by atoms with Crippen molar-refractivity contribution < 1.29 is 14.8 Å². The Morgan fingerprint density at radius 2 is 1.43 bits per heavy atom. The molecule has 158 valence electrons. The highest BCUT2D eigenvalue weighted by Crippen LogP contribution is 2.34. The van der Waals surface area contributed by atoms with Crippen molar-refractivity contribution >= 4 is 0 Å². The van der Waals surface area contributed by atoms with Gasteiger partial charge in [0.25, 0.3) is 0 Å². The highest BCUT2D eigenvalue weighted by Gasteiger charge is 2.20. The zero-order chi connectivity index (χ0) is 21.3. The van der Waals surface area contributed by atoms with Crippen LogP contribution in [0, 0.1) is 0 Å². The van der Waals surface area contributed by atoms with Crippen LogP contribution in [0.4, 0.5) is 0 Å². The molecular formula is C27H34NO2+. The van der Waals surface area contributed by atoms with Crippen molar-refractivity contribution in [3.63, 3.8) is 0 Å². The molecule has 3 aromatic rings. The molecule has 0 aliphatic heterocycles. The summed E-state index contributed by atoms with van der Waals surface area (Å²) in [7, 11) is 1.75. The fourth-order valence-electron chi connectivity index (χ4n) is 3.91. The van der Waals surface area contributed by atoms with Crippen molar-refractivity contribution in [1.82, 2.24) is 0 Å². The van der Waals surface area contributed by atoms with E-state index in [2.05, 4.69) is 98.9 Å². The van der Waals surface area contributed by atoms with Crippen LogP contribution in [0.1, 0.15) is 55.8 Å². The fraction of sp³-hybridized carbons (Fsp3) is 0.333. The summed E-state index contributed by atoms with van der Waals surface area (Å²) in [6.45, 7) is 7.40. The minimum absolute atomic E-state index is 0.176. The maximum Gasteiger partial charge on any atom is 0.122 e. The first kappa shape index (κ1) is 21.9. The smallest absolute Gasteiger partial charge is 0.122 e. The predicted molar refractivity (Wildman–Crippen MR) is 123 cm³/mol. The van der Waals surface area contributed by atoms with Crippen molar-refractivity contribution in [2.45, 2.75) is 45.3 Å². The molecule has 2 atom stereocenters. The topological polar surface area (TPSA) is 35.1 Å². The summed E-state index contributed by atoms with van der Waals surface area (Å²) >= 11 is 0. The molecule has 0 fully saturated rings. The van der Waals surface area contributed by atoms with Gasteiger partial charge >= 0.3 is 0 Å². The van der Waals surface area contributed by atoms with Gasteiger partial charge in [0.1, 0.15) is 17.5 Å². The summed E-state index contributed by atoms with van der Waals surface area (Å²) in [4.78, 5) is 0. The van der Waals surface area contributed by atoms with Crippen LogP contribution in [0.25, 0.3) is 0 Å². The number of hydrogen-bond acceptors (Lipinski definition) is 2. The van der Waals surface area contributed by atoms with E-state index in [0.717, 1.165) is 24.5 Å². The average Bonchev–Trinajstić information content (AvgIpc) is 2.77. The fourth-order valence-corrected chi connectivity index (χ4v) is 3.91. The van der Waals surface area contributed by atoms with Gasteiger partial charge in [-0.2, -0.15) is 0 Å². The lowest BCUT2D eigenvalue weighted by molar-refractivity contribution is -0.693. The number of rotatable bonds is 10. The molecule has 0 unspecified atom stereocenters. The Labute approximate surface area is 181 Å². The Balaban J connectivity index is 1.78. The molecule has 3 aromatic carbocycles. The molecule has 0 heterocycles. The molecule has 0 saturated carbocycles. The first-order valence-corrected chi connectivity index (χ1v) is 10.9. The molecule has 2 N–H and O–H groups in total. The monoisotopic (exact) mass is 404 g/mol. The molecule has 3 rings (SSSR count). The van der Waals surface area contributed by atoms with Gasteiger partial charge in [0.05, 0.1) is 19.8 Å². The summed E-state index contributed by atoms with van der Waals surface area (Å²) in [5, 5.41) is 2.42. The van der Waals surface area contributed by atoms with Crippen LogP contribution in [0.2, 0.25) is 0 Å². The Kier molecular flexibility index (Phi) is 7.92. The summed E-state index contributed by atoms with van der Waals surface area (Å²) in [5.74, 6) is 2.13. The van der Waals surface area contributed by atoms with E-state index in [4.69, 9.17) is 9.47 Å². The zero-order valence-corrected chi connectivity index (χ0v) is 18.5. The van der Waals surface area contributed by atoms with Gasteiger partial charge in [-0.1, -0.05) is 60.7 Å². The van der Waals surface area contributed by atoms with Gasteiger partial charge in [0, 0.05) is 23.5 Å². The Bertz CT molecular complexity index is 890. The number of hydrogen-bond donors (Lipinski definition) is 1. The van der Waals surface area contributed by atoms with Crippen LogP contribution >= 0.6 is 0 Å². The minimum atomic E-state index is 0.176. The summed E-state index contributed by atoms with van der Waals surface area (Å²) in [5.41, 5.74) is 3.89. The highest BCUT2D eigenvalue weighted by atomic mass is 16.5. The number of methoxy groups -OCH3 is 1. The van der Waals surface area contributed by atoms with Crippen molar-refractivity contribution in [3.8, 4) is 11.5 Å². The maximum absolute atomic E-state index is 5.83. The van der Waals surface area contributed by atoms with Gasteiger partial charge < -0.3 is 14.8 Å². The Hall–Kier alpha value is -2.78. The lowest BCUT2D eigenvalue weighted by Gasteiger charge is -2.21. The molecular weight excluding hydrogens is 370 g/mol. The van der Waals surface area contributed by atoms with Crippen LogP contribution in [0.15, 0.2) is 78.9 Å². The van der Waals surface area contributed by atoms with E-state index >= 15 is 0 Å². The second kappa shape index (κ2) is 10.8. The highest BCUT2D eigenvalue weighted by molar-refractivity contribution is 5.43. The van der Waals surface area contributed by atoms with E-state index in [1.807, 2.05) is 6.07 Å². The van der Waals surface area contributed by atoms with E-state index in [0.29, 0.717) is 6.04 Å². The number of quaternary nitrogens is 1. The SMILES string of the molecule is COc1ccccc1[C@H](CC[NH2+][C@H](C)c1ccccc1)c1ccc(OC(C)C)cc1. The molecule has 0 aliphatic carbocycles. The van der Waals surface area contributed by atoms with Crippen molar-refractivity contribution in [3.05, 3.63) is 95.6 Å². The van der Waals surface area contributed by atoms with Gasteiger partial charge in [-0.15, -0.1) is 0 Å². The quantitative estimate of drug-likeness (QED) is 0.496. The molecule has 30 heavy (non-hydrogen) atoms. The molecule has 3 heteroatoms. The van der Waals surface area contributed by atoms with Crippen LogP contribution in [0.5, 0.6) is 11.5 Å². The van der Waals surface area contributed by atoms with E-state index in [-0.39, 0.29) is 12.0 Å². The largest absolute Gasteiger partial charge is 0.496 e. The Morgan fingerprint density at radius 3 is 2.10 bits per heavy atom. The first-order chi connectivity index (χ1) is 14.6. The van der Waals surface area contributed by atoms with Gasteiger partial charge in [0.2, 0.25) is 0 Å². The molecule has 0 saturated heterocycles. The van der Waals surface area contributed by atoms with Gasteiger partial charge in [-0.05, 0) is 44.5 Å². The van der Waals surface area contributed by atoms with E-state index < -0.39 is 0 Å². The van der Waals surface area contributed by atoms with E-state index in [1.54, 1.807) is 7.11 Å². The molecule has 0 aliphatic rings. The third-order valence-electron chi connectivity index (χ3n) is 5.47. The molecule has 0 radical (unpaired) electrons. The van der Waals surface area contributed by atoms with Gasteiger partial charge in [-0.25, -0.2) is 0 Å². The Morgan fingerprint density at radius 1 is 0.767 bits per heavy atom. The van der Waals surface area contributed by atoms with Crippen molar-refractivity contribution in [2.75, 3.05) is 13.7 Å². The number of nitrogens with two attached hydrogens (primary N) is 1. The molecule has 0 bridgehead atoms. The normalized spacial score (nSPS) is 13.1. The molecule has 0 aromatic heterocycles. The van der Waals surface area contributed by atoms with Crippen molar-refractivity contribution in [1.29, 1.82) is 0 Å². The number of para-hydroxylation sites is 1. The third-order valence-corrected chi connectivity index (χ3v) is 5.47. The lowest BCUT2D eigenvalue weighted by Crippen LogP contribution is -2.84. The van der Waals surface area contributed by atoms with Crippen LogP contribution in [0.3, 0.4) is 0 Å². The van der Waals surface area contributed by atoms with E-state index in [1.165, 1.54) is 16.7 Å². The van der Waals surface area contributed by atoms with Crippen molar-refractivity contribution in [2.24, 2.45) is 0 Å². The summed E-state index contributed by atoms with van der Waals surface area (Å²) in [6, 6.07) is 28.0. The average molecular weight is 405 g/mol. The molecule has 3 nitrogen and oxygen atoms in total. The zero-order valence-electron chi connectivity index (χ0n) is 18.5. The first-order valence-electron chi connectivity index (χ1n) is 10.9. The number of ether oxygens (including phenoxy) is 2. The minimum Gasteiger partial charge on any atom is -0.496 e. The van der Waals surface area contributed by atoms with Gasteiger partial charge in [-0.3, -0.25) is 0 Å². The summed E-state index contributed by atoms with van der Waals surface area (Å²) in [6.07, 6.45) is 1.21. The molecule has 0 amide bonds. The van der Waals surface area contributed by atoms with E-state index in [9.17, 15) is 0 Å². The second-order valence-electron chi connectivity index (χ2n) is 8.04. The number of benzene rings is 3. The predicted octanol–water partition coefficient (Wildman–Crippen LogP) is 5.33. The summed E-state index contributed by atoms with van der Waals surface area (Å²) < 4.78 is 11.5.